The average Bonchev–Trinajstić information content (AvgIpc) is 2.53. The summed E-state index contributed by atoms with van der Waals surface area (Å²) in [6, 6.07) is 7.49. The molecule has 4 nitrogen and oxygen atoms in total. The molecule has 5 heteroatoms. The zero-order chi connectivity index (χ0) is 16.1. The Morgan fingerprint density at radius 1 is 1.27 bits per heavy atom. The molecule has 0 aliphatic heterocycles. The number of anilines is 2. The Balaban J connectivity index is 2.25. The van der Waals surface area contributed by atoms with Crippen molar-refractivity contribution in [1.29, 1.82) is 0 Å². The molecule has 1 aromatic heterocycles. The zero-order valence-corrected chi connectivity index (χ0v) is 13.8. The van der Waals surface area contributed by atoms with E-state index in [1.165, 1.54) is 0 Å². The Morgan fingerprint density at radius 3 is 2.68 bits per heavy atom. The first-order chi connectivity index (χ1) is 10.6. The van der Waals surface area contributed by atoms with Gasteiger partial charge in [0.05, 0.1) is 17.4 Å². The first kappa shape index (κ1) is 16.3. The van der Waals surface area contributed by atoms with Gasteiger partial charge >= 0.3 is 0 Å². The van der Waals surface area contributed by atoms with Crippen LogP contribution in [0.25, 0.3) is 0 Å². The number of pyridine rings is 1. The normalized spacial score (nSPS) is 10.4. The molecule has 22 heavy (non-hydrogen) atoms. The SMILES string of the molecule is CCN(CC)C(=O)c1cncc(Nc2cccc(Cl)c2C)c1. The van der Waals surface area contributed by atoms with E-state index < -0.39 is 0 Å². The molecule has 0 aliphatic carbocycles. The third-order valence-corrected chi connectivity index (χ3v) is 3.99. The molecule has 0 fully saturated rings. The predicted octanol–water partition coefficient (Wildman–Crippen LogP) is 4.27. The lowest BCUT2D eigenvalue weighted by molar-refractivity contribution is 0.0772. The van der Waals surface area contributed by atoms with Gasteiger partial charge in [-0.25, -0.2) is 0 Å². The molecule has 0 saturated carbocycles. The van der Waals surface area contributed by atoms with E-state index >= 15 is 0 Å². The Labute approximate surface area is 136 Å². The van der Waals surface area contributed by atoms with E-state index in [1.54, 1.807) is 17.3 Å². The number of nitrogens with zero attached hydrogens (tertiary/aromatic N) is 2. The molecule has 2 rings (SSSR count). The summed E-state index contributed by atoms with van der Waals surface area (Å²) in [6.45, 7) is 7.24. The van der Waals surface area contributed by atoms with Gasteiger partial charge in [-0.1, -0.05) is 17.7 Å². The number of benzene rings is 1. The van der Waals surface area contributed by atoms with Crippen molar-refractivity contribution in [3.05, 3.63) is 52.8 Å². The van der Waals surface area contributed by atoms with Gasteiger partial charge in [-0.05, 0) is 44.5 Å². The van der Waals surface area contributed by atoms with Crippen LogP contribution in [0, 0.1) is 6.92 Å². The quantitative estimate of drug-likeness (QED) is 0.895. The maximum atomic E-state index is 12.4. The first-order valence-corrected chi connectivity index (χ1v) is 7.71. The summed E-state index contributed by atoms with van der Waals surface area (Å²) in [7, 11) is 0. The van der Waals surface area contributed by atoms with Gasteiger partial charge < -0.3 is 10.2 Å². The molecule has 0 radical (unpaired) electrons. The highest BCUT2D eigenvalue weighted by Crippen LogP contribution is 2.26. The zero-order valence-electron chi connectivity index (χ0n) is 13.1. The van der Waals surface area contributed by atoms with Gasteiger partial charge in [-0.2, -0.15) is 0 Å². The van der Waals surface area contributed by atoms with Crippen LogP contribution in [0.4, 0.5) is 11.4 Å². The molecule has 0 spiro atoms. The van der Waals surface area contributed by atoms with Crippen LogP contribution in [0.1, 0.15) is 29.8 Å². The van der Waals surface area contributed by atoms with Crippen molar-refractivity contribution in [2.24, 2.45) is 0 Å². The van der Waals surface area contributed by atoms with E-state index in [-0.39, 0.29) is 5.91 Å². The Bertz CT molecular complexity index is 669. The summed E-state index contributed by atoms with van der Waals surface area (Å²) < 4.78 is 0. The van der Waals surface area contributed by atoms with Crippen molar-refractivity contribution in [2.75, 3.05) is 18.4 Å². The maximum Gasteiger partial charge on any atom is 0.255 e. The van der Waals surface area contributed by atoms with E-state index in [9.17, 15) is 4.79 Å². The second-order valence-electron chi connectivity index (χ2n) is 4.98. The lowest BCUT2D eigenvalue weighted by atomic mass is 10.2. The second-order valence-corrected chi connectivity index (χ2v) is 5.38. The third kappa shape index (κ3) is 3.57. The van der Waals surface area contributed by atoms with Gasteiger partial charge in [0.2, 0.25) is 0 Å². The summed E-state index contributed by atoms with van der Waals surface area (Å²) in [5.74, 6) is -0.0102. The van der Waals surface area contributed by atoms with Gasteiger partial charge in [0, 0.05) is 30.0 Å². The van der Waals surface area contributed by atoms with Crippen molar-refractivity contribution < 1.29 is 4.79 Å². The van der Waals surface area contributed by atoms with E-state index in [2.05, 4.69) is 10.3 Å². The monoisotopic (exact) mass is 317 g/mol. The largest absolute Gasteiger partial charge is 0.354 e. The average molecular weight is 318 g/mol. The summed E-state index contributed by atoms with van der Waals surface area (Å²) in [6.07, 6.45) is 3.29. The number of hydrogen-bond acceptors (Lipinski definition) is 3. The van der Waals surface area contributed by atoms with Crippen LogP contribution in [0.2, 0.25) is 5.02 Å². The topological polar surface area (TPSA) is 45.2 Å². The minimum absolute atomic E-state index is 0.0102. The van der Waals surface area contributed by atoms with Crippen LogP contribution < -0.4 is 5.32 Å². The van der Waals surface area contributed by atoms with E-state index in [1.807, 2.05) is 45.0 Å². The van der Waals surface area contributed by atoms with Gasteiger partial charge in [-0.3, -0.25) is 9.78 Å². The number of hydrogen-bond donors (Lipinski definition) is 1. The second kappa shape index (κ2) is 7.27. The summed E-state index contributed by atoms with van der Waals surface area (Å²) >= 11 is 6.12. The fourth-order valence-electron chi connectivity index (χ4n) is 2.22. The highest BCUT2D eigenvalue weighted by molar-refractivity contribution is 6.31. The minimum atomic E-state index is -0.0102. The minimum Gasteiger partial charge on any atom is -0.354 e. The van der Waals surface area contributed by atoms with E-state index in [4.69, 9.17) is 11.6 Å². The number of carbonyl (C=O) groups excluding carboxylic acids is 1. The Morgan fingerprint density at radius 2 is 2.00 bits per heavy atom. The molecule has 1 aromatic carbocycles. The number of amides is 1. The van der Waals surface area contributed by atoms with Crippen molar-refractivity contribution >= 4 is 28.9 Å². The van der Waals surface area contributed by atoms with Crippen molar-refractivity contribution in [2.45, 2.75) is 20.8 Å². The molecule has 0 atom stereocenters. The van der Waals surface area contributed by atoms with Crippen LogP contribution in [0.15, 0.2) is 36.7 Å². The number of rotatable bonds is 5. The van der Waals surface area contributed by atoms with Crippen molar-refractivity contribution in [3.8, 4) is 0 Å². The van der Waals surface area contributed by atoms with Crippen LogP contribution in [0.5, 0.6) is 0 Å². The fraction of sp³-hybridized carbons (Fsp3) is 0.294. The molecule has 0 aliphatic rings. The highest BCUT2D eigenvalue weighted by Gasteiger charge is 2.13. The van der Waals surface area contributed by atoms with Crippen LogP contribution in [-0.2, 0) is 0 Å². The number of halogens is 1. The molecule has 1 N–H and O–H groups in total. The molecular weight excluding hydrogens is 298 g/mol. The van der Waals surface area contributed by atoms with Crippen LogP contribution in [-0.4, -0.2) is 28.9 Å². The number of aromatic nitrogens is 1. The summed E-state index contributed by atoms with van der Waals surface area (Å²) in [4.78, 5) is 18.3. The van der Waals surface area contributed by atoms with E-state index in [0.29, 0.717) is 23.7 Å². The van der Waals surface area contributed by atoms with Crippen LogP contribution >= 0.6 is 11.6 Å². The standard InChI is InChI=1S/C17H20ClN3O/c1-4-21(5-2)17(22)13-9-14(11-19-10-13)20-16-8-6-7-15(18)12(16)3/h6-11,20H,4-5H2,1-3H3. The molecule has 0 saturated heterocycles. The summed E-state index contributed by atoms with van der Waals surface area (Å²) in [5, 5.41) is 3.97. The van der Waals surface area contributed by atoms with E-state index in [0.717, 1.165) is 16.9 Å². The van der Waals surface area contributed by atoms with Gasteiger partial charge in [-0.15, -0.1) is 0 Å². The molecular formula is C17H20ClN3O. The molecule has 1 heterocycles. The number of nitrogens with one attached hydrogen (secondary N) is 1. The highest BCUT2D eigenvalue weighted by atomic mass is 35.5. The van der Waals surface area contributed by atoms with Crippen molar-refractivity contribution in [1.82, 2.24) is 9.88 Å². The maximum absolute atomic E-state index is 12.4. The molecule has 116 valence electrons. The lowest BCUT2D eigenvalue weighted by Crippen LogP contribution is -2.30. The molecule has 1 amide bonds. The predicted molar refractivity (Wildman–Crippen MR) is 91.0 cm³/mol. The fourth-order valence-corrected chi connectivity index (χ4v) is 2.39. The third-order valence-electron chi connectivity index (χ3n) is 3.58. The Hall–Kier alpha value is -2.07. The first-order valence-electron chi connectivity index (χ1n) is 7.33. The molecule has 0 unspecified atom stereocenters. The van der Waals surface area contributed by atoms with Gasteiger partial charge in [0.25, 0.3) is 5.91 Å². The Kier molecular flexibility index (Phi) is 5.39. The molecule has 0 bridgehead atoms. The smallest absolute Gasteiger partial charge is 0.255 e. The van der Waals surface area contributed by atoms with Crippen molar-refractivity contribution in [3.63, 3.8) is 0 Å². The van der Waals surface area contributed by atoms with Gasteiger partial charge in [0.15, 0.2) is 0 Å². The molecule has 2 aromatic rings. The van der Waals surface area contributed by atoms with Crippen LogP contribution in [0.3, 0.4) is 0 Å². The van der Waals surface area contributed by atoms with Gasteiger partial charge in [0.1, 0.15) is 0 Å². The summed E-state index contributed by atoms with van der Waals surface area (Å²) in [5.41, 5.74) is 3.21. The lowest BCUT2D eigenvalue weighted by Gasteiger charge is -2.19. The number of carbonyl (C=O) groups is 1.